The zero-order chi connectivity index (χ0) is 93.5. The Morgan fingerprint density at radius 3 is 0.874 bits per heavy atom. The molecule has 20 rings (SSSR count). The molecule has 0 atom stereocenters. The van der Waals surface area contributed by atoms with E-state index >= 15 is 0 Å². The molecule has 4 aliphatic rings. The Bertz CT molecular complexity index is 6560. The van der Waals surface area contributed by atoms with Gasteiger partial charge in [-0.3, -0.25) is 0 Å². The molecule has 2 aliphatic carbocycles. The minimum Gasteiger partial charge on any atom is -0.494 e. The average molecular weight is 1810 g/mol. The summed E-state index contributed by atoms with van der Waals surface area (Å²) in [4.78, 5) is 0. The topological polar surface area (TPSA) is 55.4 Å². The number of benzene rings is 16. The van der Waals surface area contributed by atoms with Crippen LogP contribution >= 0.6 is 0 Å². The molecule has 682 valence electrons. The van der Waals surface area contributed by atoms with Crippen molar-refractivity contribution in [2.24, 2.45) is 0 Å². The number of aryl methyl sites for hydroxylation is 6. The van der Waals surface area contributed by atoms with Crippen molar-refractivity contribution in [2.45, 2.75) is 165 Å². The van der Waals surface area contributed by atoms with Crippen molar-refractivity contribution in [1.82, 2.24) is 0 Å². The van der Waals surface area contributed by atoms with Crippen LogP contribution in [0.15, 0.2) is 364 Å². The molecule has 6 nitrogen and oxygen atoms in total. The van der Waals surface area contributed by atoms with Gasteiger partial charge >= 0.3 is 0 Å². The summed E-state index contributed by atoms with van der Waals surface area (Å²) in [5.74, 6) is 5.17. The lowest BCUT2D eigenvalue weighted by Gasteiger charge is -2.35. The van der Waals surface area contributed by atoms with E-state index in [1.165, 1.54) is 131 Å². The lowest BCUT2D eigenvalue weighted by atomic mass is 9.67. The maximum absolute atomic E-state index is 6.34. The van der Waals surface area contributed by atoms with Crippen LogP contribution in [0.5, 0.6) is 34.5 Å². The molecule has 2 heterocycles. The Labute approximate surface area is 805 Å². The van der Waals surface area contributed by atoms with E-state index in [0.29, 0.717) is 39.6 Å². The molecule has 0 saturated heterocycles. The fraction of sp³-hybridized carbons (Fsp3) is 0.244. The van der Waals surface area contributed by atoms with E-state index in [1.54, 1.807) is 20.7 Å². The van der Waals surface area contributed by atoms with Crippen molar-refractivity contribution < 1.29 is 28.4 Å². The molecule has 16 aromatic rings. The second-order valence-electron chi connectivity index (χ2n) is 35.8. The second kappa shape index (κ2) is 42.5. The summed E-state index contributed by atoms with van der Waals surface area (Å²) in [6, 6.07) is 135. The highest BCUT2D eigenvalue weighted by Gasteiger charge is 2.55. The molecule has 0 bridgehead atoms. The predicted molar refractivity (Wildman–Crippen MR) is 572 cm³/mol. The molecule has 0 N–H and O–H groups in total. The monoisotopic (exact) mass is 1810 g/mol. The van der Waals surface area contributed by atoms with Crippen molar-refractivity contribution >= 4 is 57.6 Å². The van der Waals surface area contributed by atoms with Gasteiger partial charge in [0.2, 0.25) is 0 Å². The van der Waals surface area contributed by atoms with E-state index < -0.39 is 27.0 Å². The number of rotatable bonds is 31. The van der Waals surface area contributed by atoms with Crippen molar-refractivity contribution in [3.63, 3.8) is 0 Å². The number of hydrogen-bond acceptors (Lipinski definition) is 6. The zero-order valence-electron chi connectivity index (χ0n) is 81.1. The van der Waals surface area contributed by atoms with E-state index in [-0.39, 0.29) is 0 Å². The fourth-order valence-electron chi connectivity index (χ4n) is 22.6. The molecule has 8 heteroatoms. The van der Waals surface area contributed by atoms with Gasteiger partial charge in [-0.15, -0.1) is 0 Å². The number of ether oxygens (including phenoxy) is 6. The molecule has 0 saturated carbocycles. The smallest absolute Gasteiger partial charge is 0.180 e. The van der Waals surface area contributed by atoms with Gasteiger partial charge in [0.05, 0.1) is 50.5 Å². The molecular formula is C127H130O6Si2. The molecular weight excluding hydrogens is 1680 g/mol. The zero-order valence-corrected chi connectivity index (χ0v) is 83.1. The third-order valence-corrected chi connectivity index (χ3v) is 37.5. The molecule has 2 aliphatic heterocycles. The normalized spacial score (nSPS) is 13.3. The molecule has 135 heavy (non-hydrogen) atoms. The SMILES string of the molecule is CCCc1ccc2c(c1)-c1cc(CCC)ccc1[Si]2(c1ccccc1)c1cccc(CC)c1.CCCc1cccc([Si]2(c3ccccc3)c3ccc(CCC)cc3-c3cc(CCC)ccc32)c1.CCOc1cc(OCC)c2c(c1)-c1cccc(OCC)c1C2(c1ccccc1)c1ccccc1.CCOc1ccc(OCC)c2c1-c1cccc(OCC)c1C2(c1ccccc1)c1ccccc1. The third-order valence-electron chi connectivity index (χ3n) is 27.7. The van der Waals surface area contributed by atoms with Gasteiger partial charge in [-0.05, 0) is 246 Å². The van der Waals surface area contributed by atoms with Gasteiger partial charge in [0.15, 0.2) is 16.1 Å². The number of fused-ring (bicyclic) bond motifs is 12. The first-order valence-corrected chi connectivity index (χ1v) is 53.9. The van der Waals surface area contributed by atoms with Gasteiger partial charge in [0.1, 0.15) is 34.5 Å². The van der Waals surface area contributed by atoms with Crippen LogP contribution in [0, 0.1) is 0 Å². The molecule has 0 radical (unpaired) electrons. The molecule has 0 spiro atoms. The summed E-state index contributed by atoms with van der Waals surface area (Å²) >= 11 is 0. The van der Waals surface area contributed by atoms with Crippen LogP contribution in [0.4, 0.5) is 0 Å². The van der Waals surface area contributed by atoms with Crippen LogP contribution in [0.25, 0.3) is 44.5 Å². The Kier molecular flexibility index (Phi) is 29.5. The van der Waals surface area contributed by atoms with Crippen LogP contribution in [0.1, 0.15) is 193 Å². The Morgan fingerprint density at radius 1 is 0.200 bits per heavy atom. The van der Waals surface area contributed by atoms with E-state index in [1.807, 2.05) is 53.7 Å². The van der Waals surface area contributed by atoms with Crippen LogP contribution in [0.2, 0.25) is 0 Å². The van der Waals surface area contributed by atoms with Gasteiger partial charge in [-0.1, -0.05) is 401 Å². The molecule has 0 amide bonds. The van der Waals surface area contributed by atoms with Gasteiger partial charge in [0, 0.05) is 33.9 Å². The minimum atomic E-state index is -2.38. The van der Waals surface area contributed by atoms with Crippen LogP contribution < -0.4 is 69.9 Å². The summed E-state index contributed by atoms with van der Waals surface area (Å²) in [7, 11) is -4.74. The molecule has 0 fully saturated rings. The molecule has 0 aromatic heterocycles. The summed E-state index contributed by atoms with van der Waals surface area (Å²) in [6.07, 6.45) is 12.7. The highest BCUT2D eigenvalue weighted by atomic mass is 28.3. The van der Waals surface area contributed by atoms with Crippen LogP contribution in [-0.2, 0) is 49.4 Å². The number of hydrogen-bond donors (Lipinski definition) is 0. The fourth-order valence-corrected chi connectivity index (χ4v) is 33.0. The first-order chi connectivity index (χ1) is 66.4. The second-order valence-corrected chi connectivity index (χ2v) is 43.3. The molecule has 16 aromatic carbocycles. The van der Waals surface area contributed by atoms with Crippen molar-refractivity contribution in [2.75, 3.05) is 39.6 Å². The third kappa shape index (κ3) is 17.2. The van der Waals surface area contributed by atoms with Crippen molar-refractivity contribution in [3.05, 3.63) is 442 Å². The lowest BCUT2D eigenvalue weighted by Crippen LogP contribution is -2.72. The summed E-state index contributed by atoms with van der Waals surface area (Å²) < 4.78 is 37.4. The summed E-state index contributed by atoms with van der Waals surface area (Å²) in [5.41, 5.74) is 27.2. The highest BCUT2D eigenvalue weighted by molar-refractivity contribution is 7.23. The lowest BCUT2D eigenvalue weighted by molar-refractivity contribution is 0.318. The first kappa shape index (κ1) is 93.6. The maximum atomic E-state index is 6.34. The van der Waals surface area contributed by atoms with E-state index in [2.05, 4.69) is 393 Å². The van der Waals surface area contributed by atoms with Gasteiger partial charge < -0.3 is 28.4 Å². The van der Waals surface area contributed by atoms with Crippen molar-refractivity contribution in [3.8, 4) is 79.0 Å². The average Bonchev–Trinajstić information content (AvgIpc) is 1.60. The Morgan fingerprint density at radius 2 is 0.496 bits per heavy atom. The van der Waals surface area contributed by atoms with Gasteiger partial charge in [-0.2, -0.15) is 0 Å². The Hall–Kier alpha value is -13.2. The largest absolute Gasteiger partial charge is 0.494 e. The van der Waals surface area contributed by atoms with Crippen molar-refractivity contribution in [1.29, 1.82) is 0 Å². The molecule has 0 unspecified atom stereocenters. The highest BCUT2D eigenvalue weighted by Crippen LogP contribution is 2.65. The first-order valence-electron chi connectivity index (χ1n) is 49.9. The van der Waals surface area contributed by atoms with Gasteiger partial charge in [0.25, 0.3) is 0 Å². The van der Waals surface area contributed by atoms with Crippen LogP contribution in [0.3, 0.4) is 0 Å². The van der Waals surface area contributed by atoms with E-state index in [4.69, 9.17) is 28.4 Å². The van der Waals surface area contributed by atoms with E-state index in [9.17, 15) is 0 Å². The van der Waals surface area contributed by atoms with Gasteiger partial charge in [-0.25, -0.2) is 0 Å². The minimum absolute atomic E-state index is 0.566. The summed E-state index contributed by atoms with van der Waals surface area (Å²) in [5, 5.41) is 12.3. The van der Waals surface area contributed by atoms with E-state index in [0.717, 1.165) is 118 Å². The standard InChI is InChI=1S/C33H36Si.C32H34Si.2C31H30O3/c1-4-11-25-14-10-17-29(22-25)34(28-15-8-7-9-16-28)32-20-18-26(12-5-2)23-30(32)31-24-27(13-6-3)19-21-33(31)34;1-4-11-25-17-19-31-29(22-25)30-23-26(12-5-2)18-20-32(30)33(31,27-14-8-7-9-15-27)28-16-10-13-24(6-3)21-28;1-4-32-24-20-26-25-18-13-19-27(33-5-2)29(25)31(22-14-9-7-10-15-22,23-16-11-8-12-17-23)30(26)28(21-24)34-6-3;1-4-32-25-20-21-27(34-6-3)30-28(25)24-18-13-19-26(33-5-2)29(24)31(30,22-14-9-7-10-15-22)23-16-11-8-12-17-23/h7-10,14-24H,4-6,11-13H2,1-3H3;7-10,13-23H,4-6,11-12H2,1-3H3;2*7-21H,4-6H2,1-3H3. The Balaban J connectivity index is 0.000000125. The quantitative estimate of drug-likeness (QED) is 0.0404. The predicted octanol–water partition coefficient (Wildman–Crippen LogP) is 25.9. The van der Waals surface area contributed by atoms with Crippen LogP contribution in [-0.4, -0.2) is 55.8 Å². The maximum Gasteiger partial charge on any atom is 0.180 e. The summed E-state index contributed by atoms with van der Waals surface area (Å²) in [6.45, 7) is 29.3.